The molecule has 0 spiro atoms. The molecule has 3 heterocycles. The van der Waals surface area contributed by atoms with Crippen molar-refractivity contribution in [2.75, 3.05) is 20.2 Å². The Labute approximate surface area is 125 Å². The van der Waals surface area contributed by atoms with Crippen molar-refractivity contribution in [3.05, 3.63) is 23.8 Å². The van der Waals surface area contributed by atoms with Gasteiger partial charge in [-0.2, -0.15) is 0 Å². The molecule has 21 heavy (non-hydrogen) atoms. The van der Waals surface area contributed by atoms with Gasteiger partial charge in [0.25, 0.3) is 0 Å². The van der Waals surface area contributed by atoms with Crippen LogP contribution in [-0.2, 0) is 6.54 Å². The van der Waals surface area contributed by atoms with Gasteiger partial charge >= 0.3 is 0 Å². The third kappa shape index (κ3) is 2.77. The Hall–Kier alpha value is -1.20. The number of nitrogens with zero attached hydrogens (tertiary/aromatic N) is 3. The van der Waals surface area contributed by atoms with E-state index in [2.05, 4.69) is 35.6 Å². The minimum absolute atomic E-state index is 0.215. The number of pyridine rings is 1. The average molecular weight is 293 g/mol. The Morgan fingerprint density at radius 3 is 2.52 bits per heavy atom. The average Bonchev–Trinajstić information content (AvgIpc) is 2.44. The summed E-state index contributed by atoms with van der Waals surface area (Å²) in [4.78, 5) is 9.13. The van der Waals surface area contributed by atoms with Crippen LogP contribution in [0.2, 0.25) is 0 Å². The second-order valence-corrected chi connectivity index (χ2v) is 7.10. The number of rotatable bonds is 3. The van der Waals surface area contributed by atoms with Gasteiger partial charge in [0.05, 0.1) is 19.0 Å². The molecule has 2 saturated heterocycles. The first-order chi connectivity index (χ1) is 9.88. The van der Waals surface area contributed by atoms with E-state index in [9.17, 15) is 4.39 Å². The lowest BCUT2D eigenvalue weighted by molar-refractivity contribution is -0.101. The number of hydrogen-bond acceptors (Lipinski definition) is 4. The SMILES string of the molecule is COc1cnc(CN2C3CC2CN(C(C)(C)C)C3)c(F)c1. The zero-order valence-corrected chi connectivity index (χ0v) is 13.3. The zero-order chi connectivity index (χ0) is 15.2. The highest BCUT2D eigenvalue weighted by molar-refractivity contribution is 5.22. The summed E-state index contributed by atoms with van der Waals surface area (Å²) in [5.41, 5.74) is 0.738. The Bertz CT molecular complexity index is 517. The fourth-order valence-corrected chi connectivity index (χ4v) is 3.34. The van der Waals surface area contributed by atoms with Gasteiger partial charge in [0, 0.05) is 43.3 Å². The van der Waals surface area contributed by atoms with Crippen LogP contribution in [0.5, 0.6) is 5.75 Å². The molecule has 1 aromatic rings. The van der Waals surface area contributed by atoms with E-state index >= 15 is 0 Å². The molecule has 0 radical (unpaired) electrons. The Morgan fingerprint density at radius 2 is 2.00 bits per heavy atom. The molecule has 0 amide bonds. The van der Waals surface area contributed by atoms with Crippen molar-refractivity contribution in [2.45, 2.75) is 51.4 Å². The predicted octanol–water partition coefficient (Wildman–Crippen LogP) is 2.29. The highest BCUT2D eigenvalue weighted by Crippen LogP contribution is 2.36. The van der Waals surface area contributed by atoms with Crippen molar-refractivity contribution in [3.8, 4) is 5.75 Å². The minimum atomic E-state index is -0.271. The summed E-state index contributed by atoms with van der Waals surface area (Å²) >= 11 is 0. The van der Waals surface area contributed by atoms with E-state index in [0.717, 1.165) is 13.1 Å². The molecule has 2 bridgehead atoms. The van der Waals surface area contributed by atoms with E-state index in [1.807, 2.05) is 0 Å². The molecule has 2 unspecified atom stereocenters. The largest absolute Gasteiger partial charge is 0.495 e. The van der Waals surface area contributed by atoms with Crippen LogP contribution in [-0.4, -0.2) is 52.6 Å². The summed E-state index contributed by atoms with van der Waals surface area (Å²) in [5.74, 6) is 0.200. The quantitative estimate of drug-likeness (QED) is 0.855. The van der Waals surface area contributed by atoms with Crippen molar-refractivity contribution in [1.29, 1.82) is 0 Å². The van der Waals surface area contributed by atoms with E-state index in [0.29, 0.717) is 30.1 Å². The van der Waals surface area contributed by atoms with Crippen molar-refractivity contribution in [3.63, 3.8) is 0 Å². The summed E-state index contributed by atoms with van der Waals surface area (Å²) in [6, 6.07) is 2.48. The number of methoxy groups -OCH3 is 1. The maximum atomic E-state index is 14.0. The summed E-state index contributed by atoms with van der Waals surface area (Å²) in [6.07, 6.45) is 2.82. The van der Waals surface area contributed by atoms with Gasteiger partial charge in [-0.1, -0.05) is 0 Å². The highest BCUT2D eigenvalue weighted by atomic mass is 19.1. The highest BCUT2D eigenvalue weighted by Gasteiger charge is 2.46. The van der Waals surface area contributed by atoms with Gasteiger partial charge in [-0.3, -0.25) is 14.8 Å². The summed E-state index contributed by atoms with van der Waals surface area (Å²) in [6.45, 7) is 9.51. The molecule has 0 N–H and O–H groups in total. The van der Waals surface area contributed by atoms with Gasteiger partial charge < -0.3 is 4.74 Å². The third-order valence-corrected chi connectivity index (χ3v) is 4.75. The number of piperidine rings is 1. The molecule has 1 aromatic heterocycles. The Kier molecular flexibility index (Phi) is 3.66. The molecule has 2 fully saturated rings. The van der Waals surface area contributed by atoms with Crippen LogP contribution in [0.1, 0.15) is 32.9 Å². The number of fused-ring (bicyclic) bond motifs is 2. The van der Waals surface area contributed by atoms with E-state index < -0.39 is 0 Å². The van der Waals surface area contributed by atoms with Crippen molar-refractivity contribution in [2.24, 2.45) is 0 Å². The van der Waals surface area contributed by atoms with Crippen LogP contribution in [0.3, 0.4) is 0 Å². The summed E-state index contributed by atoms with van der Waals surface area (Å²) in [5, 5.41) is 0. The number of ether oxygens (including phenoxy) is 1. The molecule has 2 aliphatic heterocycles. The fourth-order valence-electron chi connectivity index (χ4n) is 3.34. The first kappa shape index (κ1) is 14.7. The van der Waals surface area contributed by atoms with Crippen LogP contribution in [0.25, 0.3) is 0 Å². The van der Waals surface area contributed by atoms with Crippen LogP contribution in [0.15, 0.2) is 12.3 Å². The fraction of sp³-hybridized carbons (Fsp3) is 0.688. The number of halogens is 1. The van der Waals surface area contributed by atoms with Crippen LogP contribution in [0.4, 0.5) is 4.39 Å². The van der Waals surface area contributed by atoms with Crippen molar-refractivity contribution in [1.82, 2.24) is 14.8 Å². The monoisotopic (exact) mass is 293 g/mol. The molecule has 0 aromatic carbocycles. The third-order valence-electron chi connectivity index (χ3n) is 4.75. The molecule has 2 atom stereocenters. The molecule has 0 saturated carbocycles. The standard InChI is InChI=1S/C16H24FN3O/c1-16(2,3)19-8-11-5-12(9-19)20(11)10-15-14(17)6-13(21-4)7-18-15/h6-7,11-12H,5,8-10H2,1-4H3. The van der Waals surface area contributed by atoms with Crippen molar-refractivity contribution >= 4 is 0 Å². The van der Waals surface area contributed by atoms with Crippen LogP contribution >= 0.6 is 0 Å². The van der Waals surface area contributed by atoms with Crippen LogP contribution < -0.4 is 4.74 Å². The van der Waals surface area contributed by atoms with E-state index in [4.69, 9.17) is 4.74 Å². The van der Waals surface area contributed by atoms with Crippen molar-refractivity contribution < 1.29 is 9.13 Å². The molecule has 0 aliphatic carbocycles. The van der Waals surface area contributed by atoms with E-state index in [1.165, 1.54) is 19.6 Å². The lowest BCUT2D eigenvalue weighted by Gasteiger charge is -2.59. The molecular weight excluding hydrogens is 269 g/mol. The van der Waals surface area contributed by atoms with Gasteiger partial charge in [-0.25, -0.2) is 4.39 Å². The molecule has 116 valence electrons. The predicted molar refractivity (Wildman–Crippen MR) is 79.8 cm³/mol. The molecule has 4 nitrogen and oxygen atoms in total. The summed E-state index contributed by atoms with van der Waals surface area (Å²) in [7, 11) is 1.52. The second-order valence-electron chi connectivity index (χ2n) is 7.10. The maximum absolute atomic E-state index is 14.0. The van der Waals surface area contributed by atoms with E-state index in [-0.39, 0.29) is 11.4 Å². The number of aromatic nitrogens is 1. The molecule has 2 aliphatic rings. The molecular formula is C16H24FN3O. The normalized spacial score (nSPS) is 26.5. The maximum Gasteiger partial charge on any atom is 0.149 e. The summed E-state index contributed by atoms with van der Waals surface area (Å²) < 4.78 is 19.0. The smallest absolute Gasteiger partial charge is 0.149 e. The first-order valence-electron chi connectivity index (χ1n) is 7.57. The van der Waals surface area contributed by atoms with Gasteiger partial charge in [-0.15, -0.1) is 0 Å². The zero-order valence-electron chi connectivity index (χ0n) is 13.3. The molecule has 5 heteroatoms. The number of hydrogen-bond donors (Lipinski definition) is 0. The van der Waals surface area contributed by atoms with Gasteiger partial charge in [0.1, 0.15) is 11.6 Å². The van der Waals surface area contributed by atoms with Gasteiger partial charge in [0.2, 0.25) is 0 Å². The first-order valence-corrected chi connectivity index (χ1v) is 7.57. The minimum Gasteiger partial charge on any atom is -0.495 e. The molecule has 3 rings (SSSR count). The number of likely N-dealkylation sites (tertiary alicyclic amines) is 2. The van der Waals surface area contributed by atoms with Gasteiger partial charge in [0.15, 0.2) is 0 Å². The van der Waals surface area contributed by atoms with Crippen LogP contribution in [0, 0.1) is 5.82 Å². The van der Waals surface area contributed by atoms with E-state index in [1.54, 1.807) is 6.20 Å². The lowest BCUT2D eigenvalue weighted by atomic mass is 9.84. The topological polar surface area (TPSA) is 28.6 Å². The second kappa shape index (κ2) is 5.21. The lowest BCUT2D eigenvalue weighted by Crippen LogP contribution is -2.70. The Balaban J connectivity index is 1.66. The van der Waals surface area contributed by atoms with Gasteiger partial charge in [-0.05, 0) is 27.2 Å². The number of piperazine rings is 1. The Morgan fingerprint density at radius 1 is 1.33 bits per heavy atom.